The van der Waals surface area contributed by atoms with E-state index in [1.54, 1.807) is 12.1 Å². The number of aryl methyl sites for hydroxylation is 1. The first kappa shape index (κ1) is 31.3. The molecule has 0 heterocycles. The van der Waals surface area contributed by atoms with Gasteiger partial charge in [0.15, 0.2) is 0 Å². The van der Waals surface area contributed by atoms with Gasteiger partial charge in [-0.15, -0.1) is 12.6 Å². The summed E-state index contributed by atoms with van der Waals surface area (Å²) in [5, 5.41) is 0. The monoisotopic (exact) mass is 578 g/mol. The summed E-state index contributed by atoms with van der Waals surface area (Å²) in [6.07, 6.45) is 2.41. The molecule has 0 saturated heterocycles. The standard InChI is InChI=1S/C26H30O2S.C7H8O3S/c1-5-18(3)27-22-14-10-20(11-15-22)24-8-7-9-25(29)26(24)21-12-16-23(17-13-21)28-19(4)6-2;1-6-2-4-7(5-3-6)11(8,9)10/h7-19,29H,5-6H2,1-4H3;2-5H,1H3,(H,8,9,10). The van der Waals surface area contributed by atoms with Gasteiger partial charge >= 0.3 is 0 Å². The lowest BCUT2D eigenvalue weighted by Crippen LogP contribution is -2.09. The maximum absolute atomic E-state index is 10.5. The molecule has 7 heteroatoms. The molecular weight excluding hydrogens is 540 g/mol. The van der Waals surface area contributed by atoms with Crippen LogP contribution in [0.25, 0.3) is 22.3 Å². The molecular formula is C33H38O5S2. The molecule has 2 unspecified atom stereocenters. The Bertz CT molecular complexity index is 1460. The average molecular weight is 579 g/mol. The van der Waals surface area contributed by atoms with E-state index in [0.717, 1.165) is 57.1 Å². The van der Waals surface area contributed by atoms with E-state index < -0.39 is 10.1 Å². The first-order valence-electron chi connectivity index (χ1n) is 13.4. The van der Waals surface area contributed by atoms with E-state index in [2.05, 4.69) is 58.0 Å². The predicted octanol–water partition coefficient (Wildman–Crippen LogP) is 8.91. The number of hydrogen-bond donors (Lipinski definition) is 2. The Morgan fingerprint density at radius 3 is 1.65 bits per heavy atom. The van der Waals surface area contributed by atoms with Crippen LogP contribution in [-0.4, -0.2) is 25.2 Å². The highest BCUT2D eigenvalue weighted by molar-refractivity contribution is 7.85. The van der Waals surface area contributed by atoms with Gasteiger partial charge in [-0.2, -0.15) is 8.42 Å². The van der Waals surface area contributed by atoms with Crippen molar-refractivity contribution in [2.75, 3.05) is 0 Å². The molecule has 0 bridgehead atoms. The molecule has 0 saturated carbocycles. The van der Waals surface area contributed by atoms with Crippen molar-refractivity contribution in [2.45, 2.75) is 69.5 Å². The summed E-state index contributed by atoms with van der Waals surface area (Å²) in [4.78, 5) is 0.890. The van der Waals surface area contributed by atoms with E-state index in [-0.39, 0.29) is 17.1 Å². The summed E-state index contributed by atoms with van der Waals surface area (Å²) in [6, 6.07) is 28.8. The highest BCUT2D eigenvalue weighted by atomic mass is 32.2. The smallest absolute Gasteiger partial charge is 0.294 e. The zero-order valence-electron chi connectivity index (χ0n) is 23.7. The molecule has 5 nitrogen and oxygen atoms in total. The van der Waals surface area contributed by atoms with Gasteiger partial charge in [-0.3, -0.25) is 4.55 Å². The molecule has 0 aliphatic carbocycles. The zero-order valence-corrected chi connectivity index (χ0v) is 25.4. The first-order valence-corrected chi connectivity index (χ1v) is 15.3. The van der Waals surface area contributed by atoms with Crippen LogP contribution < -0.4 is 9.47 Å². The molecule has 4 aromatic rings. The minimum absolute atomic E-state index is 0.0666. The van der Waals surface area contributed by atoms with E-state index in [0.29, 0.717) is 0 Å². The van der Waals surface area contributed by atoms with Gasteiger partial charge in [-0.25, -0.2) is 0 Å². The van der Waals surface area contributed by atoms with Crippen LogP contribution >= 0.6 is 12.6 Å². The summed E-state index contributed by atoms with van der Waals surface area (Å²) in [6.45, 7) is 10.3. The van der Waals surface area contributed by atoms with Gasteiger partial charge in [0.05, 0.1) is 17.1 Å². The van der Waals surface area contributed by atoms with Crippen molar-refractivity contribution in [3.8, 4) is 33.8 Å². The Kier molecular flexibility index (Phi) is 11.3. The molecule has 4 rings (SSSR count). The number of thiol groups is 1. The van der Waals surface area contributed by atoms with Gasteiger partial charge in [-0.1, -0.05) is 67.9 Å². The number of ether oxygens (including phenoxy) is 2. The Morgan fingerprint density at radius 2 is 1.20 bits per heavy atom. The topological polar surface area (TPSA) is 72.8 Å². The number of benzene rings is 4. The number of hydrogen-bond acceptors (Lipinski definition) is 5. The molecule has 0 fully saturated rings. The van der Waals surface area contributed by atoms with Crippen molar-refractivity contribution < 1.29 is 22.4 Å². The van der Waals surface area contributed by atoms with Crippen LogP contribution in [0.3, 0.4) is 0 Å². The maximum Gasteiger partial charge on any atom is 0.294 e. The second kappa shape index (κ2) is 14.4. The summed E-state index contributed by atoms with van der Waals surface area (Å²) < 4.78 is 41.4. The van der Waals surface area contributed by atoms with E-state index in [9.17, 15) is 8.42 Å². The molecule has 4 aromatic carbocycles. The van der Waals surface area contributed by atoms with Crippen LogP contribution in [0.2, 0.25) is 0 Å². The Labute approximate surface area is 244 Å². The highest BCUT2D eigenvalue weighted by Gasteiger charge is 2.12. The third-order valence-corrected chi connectivity index (χ3v) is 7.73. The van der Waals surface area contributed by atoms with Gasteiger partial charge < -0.3 is 9.47 Å². The van der Waals surface area contributed by atoms with Crippen LogP contribution in [0.5, 0.6) is 11.5 Å². The van der Waals surface area contributed by atoms with Crippen molar-refractivity contribution in [1.82, 2.24) is 0 Å². The fraction of sp³-hybridized carbons (Fsp3) is 0.273. The second-order valence-corrected chi connectivity index (χ2v) is 11.6. The molecule has 0 aliphatic rings. The van der Waals surface area contributed by atoms with E-state index >= 15 is 0 Å². The van der Waals surface area contributed by atoms with Gasteiger partial charge in [0.25, 0.3) is 10.1 Å². The van der Waals surface area contributed by atoms with Gasteiger partial charge in [0.1, 0.15) is 11.5 Å². The molecule has 1 N–H and O–H groups in total. The number of rotatable bonds is 9. The molecule has 0 radical (unpaired) electrons. The van der Waals surface area contributed by atoms with Crippen LogP contribution in [0.15, 0.2) is 101 Å². The summed E-state index contributed by atoms with van der Waals surface area (Å²) in [5.74, 6) is 1.80. The lowest BCUT2D eigenvalue weighted by molar-refractivity contribution is 0.217. The second-order valence-electron chi connectivity index (χ2n) is 9.71. The van der Waals surface area contributed by atoms with Crippen molar-refractivity contribution in [2.24, 2.45) is 0 Å². The molecule has 0 amide bonds. The zero-order chi connectivity index (χ0) is 29.3. The molecule has 0 aliphatic heterocycles. The van der Waals surface area contributed by atoms with Crippen molar-refractivity contribution >= 4 is 22.7 Å². The average Bonchev–Trinajstić information content (AvgIpc) is 2.94. The Balaban J connectivity index is 0.000000336. The third-order valence-electron chi connectivity index (χ3n) is 6.49. The van der Waals surface area contributed by atoms with Crippen LogP contribution in [0.4, 0.5) is 0 Å². The molecule has 212 valence electrons. The summed E-state index contributed by atoms with van der Waals surface area (Å²) in [7, 11) is -4.02. The lowest BCUT2D eigenvalue weighted by atomic mass is 9.94. The quantitative estimate of drug-likeness (QED) is 0.153. The minimum Gasteiger partial charge on any atom is -0.491 e. The predicted molar refractivity (Wildman–Crippen MR) is 166 cm³/mol. The molecule has 40 heavy (non-hydrogen) atoms. The van der Waals surface area contributed by atoms with Crippen LogP contribution in [-0.2, 0) is 10.1 Å². The SMILES string of the molecule is CCC(C)Oc1ccc(-c2cccc(S)c2-c2ccc(OC(C)CC)cc2)cc1.Cc1ccc(S(=O)(=O)O)cc1. The molecule has 0 spiro atoms. The van der Waals surface area contributed by atoms with Crippen LogP contribution in [0, 0.1) is 6.92 Å². The fourth-order valence-electron chi connectivity index (χ4n) is 3.84. The normalized spacial score (nSPS) is 12.6. The van der Waals surface area contributed by atoms with E-state index in [4.69, 9.17) is 26.7 Å². The Hall–Kier alpha value is -3.26. The highest BCUT2D eigenvalue weighted by Crippen LogP contribution is 2.38. The van der Waals surface area contributed by atoms with E-state index in [1.165, 1.54) is 12.1 Å². The first-order chi connectivity index (χ1) is 19.0. The maximum atomic E-state index is 10.5. The van der Waals surface area contributed by atoms with Crippen molar-refractivity contribution in [1.29, 1.82) is 0 Å². The summed E-state index contributed by atoms with van der Waals surface area (Å²) in [5.41, 5.74) is 5.51. The van der Waals surface area contributed by atoms with E-state index in [1.807, 2.05) is 43.3 Å². The summed E-state index contributed by atoms with van der Waals surface area (Å²) >= 11 is 4.75. The van der Waals surface area contributed by atoms with Gasteiger partial charge in [0.2, 0.25) is 0 Å². The lowest BCUT2D eigenvalue weighted by Gasteiger charge is -2.16. The molecule has 2 atom stereocenters. The van der Waals surface area contributed by atoms with Gasteiger partial charge in [0, 0.05) is 10.5 Å². The van der Waals surface area contributed by atoms with Gasteiger partial charge in [-0.05, 0) is 92.8 Å². The third kappa shape index (κ3) is 8.88. The largest absolute Gasteiger partial charge is 0.491 e. The minimum atomic E-state index is -4.02. The van der Waals surface area contributed by atoms with Crippen molar-refractivity contribution in [3.05, 3.63) is 96.6 Å². The Morgan fingerprint density at radius 1 is 0.725 bits per heavy atom. The fourth-order valence-corrected chi connectivity index (χ4v) is 4.65. The van der Waals surface area contributed by atoms with Crippen molar-refractivity contribution in [3.63, 3.8) is 0 Å². The van der Waals surface area contributed by atoms with Crippen LogP contribution in [0.1, 0.15) is 46.1 Å². The molecule has 0 aromatic heterocycles.